The number of esters is 1. The van der Waals surface area contributed by atoms with Crippen LogP contribution in [-0.2, 0) is 33.3 Å². The van der Waals surface area contributed by atoms with Crippen LogP contribution in [0.1, 0.15) is 106 Å². The maximum Gasteiger partial charge on any atom is 0.329 e. The summed E-state index contributed by atoms with van der Waals surface area (Å²) in [6.07, 6.45) is 1.50. The molecule has 0 aromatic heterocycles. The van der Waals surface area contributed by atoms with Crippen molar-refractivity contribution in [2.45, 2.75) is 166 Å². The fourth-order valence-corrected chi connectivity index (χ4v) is 9.04. The van der Waals surface area contributed by atoms with Gasteiger partial charge in [0.25, 0.3) is 11.7 Å². The molecule has 1 aliphatic carbocycles. The second-order valence-electron chi connectivity index (χ2n) is 16.9. The first-order valence-corrected chi connectivity index (χ1v) is 20.0. The van der Waals surface area contributed by atoms with Crippen molar-refractivity contribution in [1.29, 1.82) is 0 Å². The molecule has 0 aromatic carbocycles. The van der Waals surface area contributed by atoms with Crippen LogP contribution in [0.5, 0.6) is 0 Å². The number of carbonyl (C=O) groups excluding carboxylic acids is 3. The van der Waals surface area contributed by atoms with E-state index in [9.17, 15) is 39.9 Å². The lowest BCUT2D eigenvalue weighted by Crippen LogP contribution is -2.64. The number of rotatable bonds is 6. The Morgan fingerprint density at radius 1 is 0.944 bits per heavy atom. The number of hydrogen-bond acceptors (Lipinski definition) is 12. The lowest BCUT2D eigenvalue weighted by Gasteiger charge is -2.47. The zero-order valence-corrected chi connectivity index (χ0v) is 33.6. The number of hydrogen-bond donors (Lipinski definition) is 5. The number of cyclic esters (lactones) is 1. The number of aliphatic hydroxyl groups excluding tert-OH is 4. The van der Waals surface area contributed by atoms with Crippen molar-refractivity contribution in [3.63, 3.8) is 0 Å². The van der Waals surface area contributed by atoms with Gasteiger partial charge in [0.15, 0.2) is 0 Å². The maximum atomic E-state index is 14.1. The summed E-state index contributed by atoms with van der Waals surface area (Å²) >= 11 is 0. The number of nitrogens with zero attached hydrogens (tertiary/aromatic N) is 1. The smallest absolute Gasteiger partial charge is 0.329 e. The van der Waals surface area contributed by atoms with Crippen molar-refractivity contribution in [1.82, 2.24) is 4.90 Å². The van der Waals surface area contributed by atoms with E-state index in [-0.39, 0.29) is 43.6 Å². The van der Waals surface area contributed by atoms with Gasteiger partial charge in [-0.3, -0.25) is 9.59 Å². The van der Waals surface area contributed by atoms with E-state index in [1.165, 1.54) is 19.1 Å². The van der Waals surface area contributed by atoms with Crippen molar-refractivity contribution in [2.75, 3.05) is 20.8 Å². The Kier molecular flexibility index (Phi) is 15.9. The number of ketones is 1. The number of piperidine rings is 1. The van der Waals surface area contributed by atoms with E-state index in [0.29, 0.717) is 50.5 Å². The van der Waals surface area contributed by atoms with Crippen LogP contribution in [-0.4, -0.2) is 130 Å². The molecule has 4 rings (SSSR count). The summed E-state index contributed by atoms with van der Waals surface area (Å²) in [5.41, 5.74) is 1.65. The molecule has 4 aliphatic rings. The molecule has 2 saturated heterocycles. The summed E-state index contributed by atoms with van der Waals surface area (Å²) in [4.78, 5) is 43.5. The van der Waals surface area contributed by atoms with Crippen molar-refractivity contribution >= 4 is 17.7 Å². The fraction of sp³-hybridized carbons (Fsp3) is 0.829. The lowest BCUT2D eigenvalue weighted by molar-refractivity contribution is -0.302. The molecule has 3 aliphatic heterocycles. The predicted molar refractivity (Wildman–Crippen MR) is 200 cm³/mol. The Morgan fingerprint density at radius 2 is 1.61 bits per heavy atom. The minimum atomic E-state index is -2.49. The predicted octanol–water partition coefficient (Wildman–Crippen LogP) is 3.22. The van der Waals surface area contributed by atoms with Crippen LogP contribution in [0.3, 0.4) is 0 Å². The summed E-state index contributed by atoms with van der Waals surface area (Å²) in [5, 5.41) is 55.3. The molecule has 5 N–H and O–H groups in total. The third-order valence-corrected chi connectivity index (χ3v) is 12.5. The molecular weight excluding hydrogens is 698 g/mol. The molecule has 1 saturated carbocycles. The molecule has 2 bridgehead atoms. The van der Waals surface area contributed by atoms with Crippen molar-refractivity contribution in [3.05, 3.63) is 23.3 Å². The van der Waals surface area contributed by atoms with Gasteiger partial charge in [-0.15, -0.1) is 0 Å². The average molecular weight is 766 g/mol. The number of ether oxygens (including phenoxy) is 4. The SMILES string of the molecule is CO[C@H]1CC(C)C/C(C)=C/[C@@H](C)C(O)C[C@H]([C@@H](C)[C@H](O)/C(C)=C/[C@@H]2CC[C@@H](O)[C@H](O)C2)OC(=O)[C@@H]2CCCCN2C(=O)C(=O)[C@]2(O)O[C@H]1[C@@H](OC)C[C@H]2C. The Balaban J connectivity index is 1.70. The van der Waals surface area contributed by atoms with E-state index in [1.807, 2.05) is 26.0 Å². The minimum absolute atomic E-state index is 0.00260. The highest BCUT2D eigenvalue weighted by Gasteiger charge is 2.56. The van der Waals surface area contributed by atoms with E-state index in [2.05, 4.69) is 6.92 Å². The third-order valence-electron chi connectivity index (χ3n) is 12.5. The molecule has 2 unspecified atom stereocenters. The molecule has 13 heteroatoms. The van der Waals surface area contributed by atoms with E-state index < -0.39 is 90.2 Å². The first kappa shape index (κ1) is 44.5. The largest absolute Gasteiger partial charge is 0.460 e. The second kappa shape index (κ2) is 19.3. The van der Waals surface area contributed by atoms with Crippen LogP contribution < -0.4 is 0 Å². The van der Waals surface area contributed by atoms with Crippen LogP contribution >= 0.6 is 0 Å². The van der Waals surface area contributed by atoms with Crippen LogP contribution in [0.2, 0.25) is 0 Å². The molecule has 0 radical (unpaired) electrons. The van der Waals surface area contributed by atoms with Crippen LogP contribution in [0.4, 0.5) is 0 Å². The van der Waals surface area contributed by atoms with Crippen LogP contribution in [0.15, 0.2) is 23.3 Å². The van der Waals surface area contributed by atoms with E-state index >= 15 is 0 Å². The molecule has 54 heavy (non-hydrogen) atoms. The Morgan fingerprint density at radius 3 is 2.26 bits per heavy atom. The van der Waals surface area contributed by atoms with Gasteiger partial charge >= 0.3 is 5.97 Å². The number of aliphatic hydroxyl groups is 5. The standard InChI is InChI=1S/C41H67NO12/c1-22-15-23(2)17-34(51-7)37-35(52-8)19-26(5)41(50,54-37)38(47)39(48)42-14-10-9-11-29(42)40(49)53-33(21-31(44)24(3)16-22)27(6)36(46)25(4)18-28-12-13-30(43)32(45)20-28/h16,18,23-24,26-37,43-46,50H,9-15,17,19-21H2,1-8H3/b22-16+,25-18+/t23?,24-,26-,27-,28+,29+,30-,31?,32-,33-,34+,35+,36-,37-,41-/m1/s1. The number of methoxy groups -OCH3 is 2. The number of Topliss-reactive ketones (excluding diaryl/α,β-unsaturated/α-hetero) is 1. The monoisotopic (exact) mass is 765 g/mol. The molecule has 3 heterocycles. The molecule has 1 amide bonds. The van der Waals surface area contributed by atoms with Gasteiger partial charge in [0.05, 0.1) is 36.6 Å². The summed E-state index contributed by atoms with van der Waals surface area (Å²) in [5.74, 6) is -7.29. The Bertz CT molecular complexity index is 1350. The number of allylic oxidation sites excluding steroid dienone is 2. The highest BCUT2D eigenvalue weighted by atomic mass is 16.7. The van der Waals surface area contributed by atoms with Gasteiger partial charge in [-0.1, -0.05) is 45.4 Å². The van der Waals surface area contributed by atoms with Gasteiger partial charge < -0.3 is 49.4 Å². The van der Waals surface area contributed by atoms with Gasteiger partial charge in [0.1, 0.15) is 18.2 Å². The maximum absolute atomic E-state index is 14.1. The first-order valence-electron chi connectivity index (χ1n) is 20.0. The Hall–Kier alpha value is -2.23. The zero-order valence-electron chi connectivity index (χ0n) is 33.6. The van der Waals surface area contributed by atoms with Crippen molar-refractivity contribution in [2.24, 2.45) is 29.6 Å². The first-order chi connectivity index (χ1) is 25.4. The van der Waals surface area contributed by atoms with Crippen molar-refractivity contribution in [3.8, 4) is 0 Å². The number of fused-ring (bicyclic) bond motifs is 3. The minimum Gasteiger partial charge on any atom is -0.460 e. The normalized spacial score (nSPS) is 42.0. The van der Waals surface area contributed by atoms with Crippen LogP contribution in [0.25, 0.3) is 0 Å². The molecule has 15 atom stereocenters. The number of carbonyl (C=O) groups is 3. The van der Waals surface area contributed by atoms with E-state index in [4.69, 9.17) is 18.9 Å². The zero-order chi connectivity index (χ0) is 40.1. The lowest BCUT2D eigenvalue weighted by atomic mass is 9.82. The van der Waals surface area contributed by atoms with Crippen molar-refractivity contribution < 1.29 is 58.9 Å². The second-order valence-corrected chi connectivity index (χ2v) is 16.9. The Labute approximate surface area is 321 Å². The summed E-state index contributed by atoms with van der Waals surface area (Å²) < 4.78 is 24.0. The van der Waals surface area contributed by atoms with Gasteiger partial charge in [0.2, 0.25) is 5.79 Å². The fourth-order valence-electron chi connectivity index (χ4n) is 9.04. The molecular formula is C41H67NO12. The van der Waals surface area contributed by atoms with E-state index in [0.717, 1.165) is 5.57 Å². The van der Waals surface area contributed by atoms with E-state index in [1.54, 1.807) is 20.8 Å². The summed E-state index contributed by atoms with van der Waals surface area (Å²) in [6, 6.07) is -1.13. The average Bonchev–Trinajstić information content (AvgIpc) is 3.14. The molecule has 13 nitrogen and oxygen atoms in total. The van der Waals surface area contributed by atoms with Gasteiger partial charge in [0, 0.05) is 44.9 Å². The molecule has 0 aromatic rings. The summed E-state index contributed by atoms with van der Waals surface area (Å²) in [7, 11) is 3.07. The quantitative estimate of drug-likeness (QED) is 0.151. The van der Waals surface area contributed by atoms with Gasteiger partial charge in [-0.05, 0) is 89.0 Å². The topological polar surface area (TPSA) is 193 Å². The molecule has 308 valence electrons. The number of amides is 1. The van der Waals surface area contributed by atoms with Gasteiger partial charge in [-0.25, -0.2) is 4.79 Å². The highest BCUT2D eigenvalue weighted by molar-refractivity contribution is 6.39. The third kappa shape index (κ3) is 10.4. The van der Waals surface area contributed by atoms with Gasteiger partial charge in [-0.2, -0.15) is 0 Å². The van der Waals surface area contributed by atoms with Crippen LogP contribution in [0, 0.1) is 29.6 Å². The molecule has 0 spiro atoms. The molecule has 3 fully saturated rings. The summed E-state index contributed by atoms with van der Waals surface area (Å²) in [6.45, 7) is 11.2. The highest BCUT2D eigenvalue weighted by Crippen LogP contribution is 2.39.